The largest absolute Gasteiger partial charge is 0.472 e. The lowest BCUT2D eigenvalue weighted by molar-refractivity contribution is -0.177. The Bertz CT molecular complexity index is 1240. The number of thiophene rings is 1. The van der Waals surface area contributed by atoms with Crippen molar-refractivity contribution in [2.24, 2.45) is 0 Å². The van der Waals surface area contributed by atoms with Gasteiger partial charge in [-0.3, -0.25) is 15.2 Å². The third kappa shape index (κ3) is 6.06. The van der Waals surface area contributed by atoms with E-state index in [9.17, 15) is 31.5 Å². The summed E-state index contributed by atoms with van der Waals surface area (Å²) in [6.07, 6.45) is -3.92. The molecule has 0 bridgehead atoms. The van der Waals surface area contributed by atoms with Gasteiger partial charge in [-0.15, -0.1) is 11.3 Å². The lowest BCUT2D eigenvalue weighted by atomic mass is 9.98. The number of hydrazine groups is 1. The zero-order valence-electron chi connectivity index (χ0n) is 18.2. The molecule has 2 aromatic heterocycles. The number of aromatic nitrogens is 1. The van der Waals surface area contributed by atoms with Gasteiger partial charge in [-0.2, -0.15) is 13.2 Å². The van der Waals surface area contributed by atoms with Gasteiger partial charge in [-0.1, -0.05) is 17.7 Å². The minimum Gasteiger partial charge on any atom is -0.328 e. The van der Waals surface area contributed by atoms with E-state index in [-0.39, 0.29) is 28.4 Å². The average Bonchev–Trinajstić information content (AvgIpc) is 3.30. The van der Waals surface area contributed by atoms with E-state index in [0.717, 1.165) is 12.1 Å². The summed E-state index contributed by atoms with van der Waals surface area (Å²) in [7, 11) is 0. The van der Waals surface area contributed by atoms with Crippen molar-refractivity contribution in [1.82, 2.24) is 20.7 Å². The van der Waals surface area contributed by atoms with Crippen LogP contribution < -0.4 is 10.7 Å². The molecule has 3 amide bonds. The average molecular weight is 533 g/mol. The van der Waals surface area contributed by atoms with Crippen LogP contribution in [0.5, 0.6) is 0 Å². The second kappa shape index (κ2) is 10.6. The van der Waals surface area contributed by atoms with Crippen molar-refractivity contribution in [2.75, 3.05) is 6.54 Å². The number of carbonyl (C=O) groups is 2. The molecule has 0 saturated carbocycles. The smallest absolute Gasteiger partial charge is 0.328 e. The van der Waals surface area contributed by atoms with Gasteiger partial charge in [0.1, 0.15) is 11.6 Å². The molecule has 3 rings (SSSR count). The molecule has 1 atom stereocenters. The van der Waals surface area contributed by atoms with Crippen LogP contribution in [-0.4, -0.2) is 34.7 Å². The molecular formula is C22H18ClF5N4O2S. The number of nitrogens with one attached hydrogen (secondary N) is 2. The number of nitrogens with zero attached hydrogens (tertiary/aromatic N) is 2. The van der Waals surface area contributed by atoms with Crippen LogP contribution in [0.1, 0.15) is 25.6 Å². The topological polar surface area (TPSA) is 74.3 Å². The van der Waals surface area contributed by atoms with Gasteiger partial charge in [-0.05, 0) is 49.1 Å². The fourth-order valence-electron chi connectivity index (χ4n) is 3.18. The summed E-state index contributed by atoms with van der Waals surface area (Å²) in [4.78, 5) is 28.0. The molecule has 1 aromatic carbocycles. The Morgan fingerprint density at radius 2 is 1.91 bits per heavy atom. The van der Waals surface area contributed by atoms with Gasteiger partial charge in [-0.25, -0.2) is 18.6 Å². The van der Waals surface area contributed by atoms with Crippen LogP contribution in [0, 0.1) is 11.6 Å². The molecule has 0 spiro atoms. The van der Waals surface area contributed by atoms with Gasteiger partial charge in [0.25, 0.3) is 0 Å². The molecule has 35 heavy (non-hydrogen) atoms. The highest BCUT2D eigenvalue weighted by atomic mass is 35.5. The van der Waals surface area contributed by atoms with Crippen LogP contribution >= 0.6 is 22.9 Å². The van der Waals surface area contributed by atoms with Crippen molar-refractivity contribution in [3.05, 3.63) is 64.3 Å². The first kappa shape index (κ1) is 26.4. The van der Waals surface area contributed by atoms with Crippen molar-refractivity contribution in [3.8, 4) is 21.6 Å². The Hall–Kier alpha value is -3.25. The van der Waals surface area contributed by atoms with Crippen molar-refractivity contribution >= 4 is 34.9 Å². The summed E-state index contributed by atoms with van der Waals surface area (Å²) in [5, 5.41) is 4.54. The van der Waals surface area contributed by atoms with Gasteiger partial charge < -0.3 is 5.32 Å². The highest BCUT2D eigenvalue weighted by molar-refractivity contribution is 7.13. The number of benzene rings is 1. The molecule has 3 aromatic rings. The molecule has 0 aliphatic carbocycles. The third-order valence-electron chi connectivity index (χ3n) is 4.81. The van der Waals surface area contributed by atoms with Crippen LogP contribution in [0.25, 0.3) is 21.6 Å². The minimum atomic E-state index is -5.19. The van der Waals surface area contributed by atoms with E-state index in [1.54, 1.807) is 17.5 Å². The maximum atomic E-state index is 15.0. The summed E-state index contributed by atoms with van der Waals surface area (Å²) in [6, 6.07) is 4.97. The summed E-state index contributed by atoms with van der Waals surface area (Å²) < 4.78 is 67.2. The van der Waals surface area contributed by atoms with Gasteiger partial charge in [0, 0.05) is 33.8 Å². The van der Waals surface area contributed by atoms with Gasteiger partial charge in [0.05, 0.1) is 11.7 Å². The standard InChI is InChI=1S/C22H18ClF5N4O2S/c1-3-32(31-20(33)22(26,27)28)21(34)30-11(2)19-16(25)7-12(10-29-19)14-8-13(23)9-15(24)18(14)17-5-4-6-35-17/h4-11H,3H2,1-2H3,(H,30,34)(H,31,33). The lowest BCUT2D eigenvalue weighted by Crippen LogP contribution is -2.54. The predicted octanol–water partition coefficient (Wildman–Crippen LogP) is 6.09. The SMILES string of the molecule is CCN(NC(=O)C(F)(F)F)C(=O)NC(C)c1ncc(-c2cc(Cl)cc(F)c2-c2cccs2)cc1F. The molecule has 1 unspecified atom stereocenters. The summed E-state index contributed by atoms with van der Waals surface area (Å²) in [5.74, 6) is -3.78. The summed E-state index contributed by atoms with van der Waals surface area (Å²) >= 11 is 7.30. The molecule has 0 fully saturated rings. The second-order valence-electron chi connectivity index (χ2n) is 7.23. The van der Waals surface area contributed by atoms with Crippen molar-refractivity contribution in [2.45, 2.75) is 26.1 Å². The van der Waals surface area contributed by atoms with E-state index in [2.05, 4.69) is 10.3 Å². The van der Waals surface area contributed by atoms with Crippen LogP contribution in [0.15, 0.2) is 41.9 Å². The second-order valence-corrected chi connectivity index (χ2v) is 8.62. The van der Waals surface area contributed by atoms with E-state index in [1.165, 1.54) is 42.9 Å². The van der Waals surface area contributed by atoms with Crippen LogP contribution in [-0.2, 0) is 4.79 Å². The Morgan fingerprint density at radius 3 is 2.49 bits per heavy atom. The van der Waals surface area contributed by atoms with E-state index < -0.39 is 35.8 Å². The Labute approximate surface area is 205 Å². The number of rotatable bonds is 5. The van der Waals surface area contributed by atoms with Crippen LogP contribution in [0.3, 0.4) is 0 Å². The Morgan fingerprint density at radius 1 is 1.20 bits per heavy atom. The number of halogens is 6. The molecule has 186 valence electrons. The zero-order chi connectivity index (χ0) is 25.9. The molecular weight excluding hydrogens is 515 g/mol. The number of pyridine rings is 1. The first-order valence-electron chi connectivity index (χ1n) is 10.1. The fourth-order valence-corrected chi connectivity index (χ4v) is 4.17. The van der Waals surface area contributed by atoms with E-state index in [1.807, 2.05) is 0 Å². The van der Waals surface area contributed by atoms with Gasteiger partial charge in [0.15, 0.2) is 0 Å². The summed E-state index contributed by atoms with van der Waals surface area (Å²) in [5.41, 5.74) is 1.96. The van der Waals surface area contributed by atoms with Crippen molar-refractivity contribution < 1.29 is 31.5 Å². The minimum absolute atomic E-state index is 0.100. The first-order valence-corrected chi connectivity index (χ1v) is 11.3. The quantitative estimate of drug-likeness (QED) is 0.308. The van der Waals surface area contributed by atoms with E-state index in [0.29, 0.717) is 15.4 Å². The molecule has 0 saturated heterocycles. The number of hydrogen-bond acceptors (Lipinski definition) is 4. The maximum absolute atomic E-state index is 15.0. The molecule has 13 heteroatoms. The molecule has 6 nitrogen and oxygen atoms in total. The number of urea groups is 1. The summed E-state index contributed by atoms with van der Waals surface area (Å²) in [6.45, 7) is 2.41. The molecule has 0 aliphatic heterocycles. The highest BCUT2D eigenvalue weighted by Crippen LogP contribution is 2.39. The van der Waals surface area contributed by atoms with Gasteiger partial charge in [0.2, 0.25) is 0 Å². The van der Waals surface area contributed by atoms with Crippen molar-refractivity contribution in [1.29, 1.82) is 0 Å². The van der Waals surface area contributed by atoms with Gasteiger partial charge >= 0.3 is 18.1 Å². The molecule has 0 aliphatic rings. The monoisotopic (exact) mass is 532 g/mol. The third-order valence-corrected chi connectivity index (χ3v) is 5.91. The number of alkyl halides is 3. The molecule has 2 N–H and O–H groups in total. The normalized spacial score (nSPS) is 12.2. The molecule has 0 radical (unpaired) electrons. The highest BCUT2D eigenvalue weighted by Gasteiger charge is 2.40. The number of carbonyl (C=O) groups excluding carboxylic acids is 2. The van der Waals surface area contributed by atoms with Crippen LogP contribution in [0.4, 0.5) is 26.7 Å². The van der Waals surface area contributed by atoms with Crippen molar-refractivity contribution in [3.63, 3.8) is 0 Å². The molecule has 2 heterocycles. The maximum Gasteiger partial charge on any atom is 0.472 e. The Kier molecular flexibility index (Phi) is 7.96. The predicted molar refractivity (Wildman–Crippen MR) is 121 cm³/mol. The number of hydrogen-bond donors (Lipinski definition) is 2. The zero-order valence-corrected chi connectivity index (χ0v) is 19.8. The van der Waals surface area contributed by atoms with E-state index >= 15 is 0 Å². The fraction of sp³-hybridized carbons (Fsp3) is 0.227. The van der Waals surface area contributed by atoms with E-state index in [4.69, 9.17) is 11.6 Å². The number of amides is 3. The lowest BCUT2D eigenvalue weighted by Gasteiger charge is -2.24. The Balaban J connectivity index is 1.85. The first-order chi connectivity index (χ1) is 16.4. The van der Waals surface area contributed by atoms with Crippen LogP contribution in [0.2, 0.25) is 5.02 Å².